The molecule has 288 valence electrons. The maximum atomic E-state index is 15.2. The molecule has 1 heterocycles. The van der Waals surface area contributed by atoms with Crippen molar-refractivity contribution in [1.29, 1.82) is 0 Å². The fraction of sp³-hybridized carbons (Fsp3) is 0.750. The summed E-state index contributed by atoms with van der Waals surface area (Å²) in [4.78, 5) is 14.5. The number of esters is 1. The van der Waals surface area contributed by atoms with Gasteiger partial charge in [-0.2, -0.15) is 0 Å². The minimum Gasteiger partial charge on any atom is -0.465 e. The monoisotopic (exact) mass is 736 g/mol. The summed E-state index contributed by atoms with van der Waals surface area (Å²) < 4.78 is 43.9. The van der Waals surface area contributed by atoms with Crippen molar-refractivity contribution in [3.05, 3.63) is 53.4 Å². The number of allylic oxidation sites excluding steroid dienone is 3. The van der Waals surface area contributed by atoms with Crippen molar-refractivity contribution in [2.75, 3.05) is 44.8 Å². The fourth-order valence-electron chi connectivity index (χ4n) is 14.1. The molecule has 8 heteroatoms. The molecule has 0 aromatic heterocycles. The quantitative estimate of drug-likeness (QED) is 0.164. The van der Waals surface area contributed by atoms with Crippen LogP contribution in [0.4, 0.5) is 4.39 Å². The summed E-state index contributed by atoms with van der Waals surface area (Å²) in [7, 11) is -1.56. The van der Waals surface area contributed by atoms with Crippen LogP contribution in [0.3, 0.4) is 0 Å². The zero-order valence-electron chi connectivity index (χ0n) is 33.1. The average molecular weight is 737 g/mol. The first-order chi connectivity index (χ1) is 24.4. The number of carbonyl (C=O) groups excluding carboxylic acids is 1. The SMILES string of the molecule is C=C(C)C1CCC2(NCCCN3CCS(=O)(=O)CC3)CCC3(C)C(CCC4C5(C)CC=C(c6ccc(C(=O)OC)c(F)c6)C(C)(C)C5CCC43C)C12. The largest absolute Gasteiger partial charge is 0.465 e. The number of carbonyl (C=O) groups is 1. The van der Waals surface area contributed by atoms with E-state index in [0.717, 1.165) is 31.5 Å². The van der Waals surface area contributed by atoms with Gasteiger partial charge in [0.1, 0.15) is 5.82 Å². The molecule has 52 heavy (non-hydrogen) atoms. The number of fused-ring (bicyclic) bond motifs is 7. The van der Waals surface area contributed by atoms with Crippen molar-refractivity contribution in [1.82, 2.24) is 10.2 Å². The Balaban J connectivity index is 1.12. The number of sulfone groups is 1. The molecule has 9 atom stereocenters. The highest BCUT2D eigenvalue weighted by molar-refractivity contribution is 7.91. The highest BCUT2D eigenvalue weighted by Crippen LogP contribution is 2.76. The Morgan fingerprint density at radius 1 is 0.981 bits per heavy atom. The van der Waals surface area contributed by atoms with Crippen LogP contribution in [0.25, 0.3) is 5.57 Å². The molecule has 0 amide bonds. The number of nitrogens with zero attached hydrogens (tertiary/aromatic N) is 1. The van der Waals surface area contributed by atoms with Gasteiger partial charge in [-0.1, -0.05) is 58.9 Å². The van der Waals surface area contributed by atoms with Gasteiger partial charge < -0.3 is 15.0 Å². The fourth-order valence-corrected chi connectivity index (χ4v) is 15.4. The molecule has 1 saturated heterocycles. The van der Waals surface area contributed by atoms with Gasteiger partial charge >= 0.3 is 5.97 Å². The van der Waals surface area contributed by atoms with E-state index in [-0.39, 0.29) is 32.8 Å². The molecule has 6 nitrogen and oxygen atoms in total. The number of hydrogen-bond acceptors (Lipinski definition) is 6. The summed E-state index contributed by atoms with van der Waals surface area (Å²) in [5.74, 6) is 2.37. The van der Waals surface area contributed by atoms with E-state index in [2.05, 4.69) is 64.4 Å². The van der Waals surface area contributed by atoms with E-state index in [4.69, 9.17) is 4.74 Å². The molecule has 4 saturated carbocycles. The third-order valence-electron chi connectivity index (χ3n) is 16.9. The van der Waals surface area contributed by atoms with Crippen LogP contribution in [0.2, 0.25) is 0 Å². The van der Waals surface area contributed by atoms with E-state index < -0.39 is 21.6 Å². The summed E-state index contributed by atoms with van der Waals surface area (Å²) in [6.45, 7) is 22.9. The van der Waals surface area contributed by atoms with Gasteiger partial charge in [0, 0.05) is 18.6 Å². The smallest absolute Gasteiger partial charge is 0.340 e. The number of ether oxygens (including phenoxy) is 1. The van der Waals surface area contributed by atoms with Crippen LogP contribution in [0.1, 0.15) is 122 Å². The van der Waals surface area contributed by atoms with Crippen molar-refractivity contribution >= 4 is 21.4 Å². The lowest BCUT2D eigenvalue weighted by Gasteiger charge is -2.72. The highest BCUT2D eigenvalue weighted by Gasteiger charge is 2.70. The number of nitrogens with one attached hydrogen (secondary N) is 1. The maximum Gasteiger partial charge on any atom is 0.340 e. The van der Waals surface area contributed by atoms with E-state index in [1.807, 2.05) is 6.07 Å². The molecular weight excluding hydrogens is 672 g/mol. The van der Waals surface area contributed by atoms with Crippen molar-refractivity contribution in [3.63, 3.8) is 0 Å². The van der Waals surface area contributed by atoms with Gasteiger partial charge in [-0.3, -0.25) is 0 Å². The third kappa shape index (κ3) is 5.90. The second-order valence-electron chi connectivity index (χ2n) is 19.3. The van der Waals surface area contributed by atoms with Gasteiger partial charge in [0.2, 0.25) is 0 Å². The van der Waals surface area contributed by atoms with Crippen molar-refractivity contribution in [2.24, 2.45) is 51.2 Å². The Labute approximate surface area is 313 Å². The molecule has 1 aromatic rings. The van der Waals surface area contributed by atoms with Gasteiger partial charge in [-0.25, -0.2) is 17.6 Å². The summed E-state index contributed by atoms with van der Waals surface area (Å²) in [6.07, 6.45) is 14.4. The van der Waals surface area contributed by atoms with Crippen LogP contribution in [-0.4, -0.2) is 69.6 Å². The summed E-state index contributed by atoms with van der Waals surface area (Å²) >= 11 is 0. The number of halogens is 1. The van der Waals surface area contributed by atoms with Crippen LogP contribution < -0.4 is 5.32 Å². The van der Waals surface area contributed by atoms with E-state index in [0.29, 0.717) is 54.2 Å². The van der Waals surface area contributed by atoms with E-state index in [1.165, 1.54) is 69.6 Å². The summed E-state index contributed by atoms with van der Waals surface area (Å²) in [5, 5.41) is 4.23. The minimum atomic E-state index is -2.85. The Morgan fingerprint density at radius 2 is 1.71 bits per heavy atom. The molecule has 0 bridgehead atoms. The predicted octanol–water partition coefficient (Wildman–Crippen LogP) is 8.73. The first-order valence-corrected chi connectivity index (χ1v) is 22.2. The topological polar surface area (TPSA) is 75.7 Å². The van der Waals surface area contributed by atoms with Crippen LogP contribution in [0.5, 0.6) is 0 Å². The first kappa shape index (κ1) is 38.3. The molecule has 9 unspecified atom stereocenters. The Morgan fingerprint density at radius 3 is 2.38 bits per heavy atom. The van der Waals surface area contributed by atoms with E-state index in [9.17, 15) is 13.2 Å². The van der Waals surface area contributed by atoms with Crippen molar-refractivity contribution in [2.45, 2.75) is 111 Å². The molecule has 0 radical (unpaired) electrons. The van der Waals surface area contributed by atoms with Crippen molar-refractivity contribution in [3.8, 4) is 0 Å². The molecule has 6 aliphatic rings. The zero-order valence-corrected chi connectivity index (χ0v) is 33.9. The standard InChI is InChI=1S/C44H65FN2O4S/c1-29(2)31-14-19-44(46-22-9-23-47-24-26-52(49,50)27-25-47)21-20-42(6)34(38(31)44)12-13-37-41(5)17-15-33(40(3,4)36(41)16-18-43(37,42)7)30-10-11-32(35(45)28-30)39(48)51-8/h10-11,15,28,31,34,36-38,46H,1,9,12-14,16-27H2,2-8H3. The molecule has 1 N–H and O–H groups in total. The third-order valence-corrected chi connectivity index (χ3v) is 18.5. The van der Waals surface area contributed by atoms with E-state index >= 15 is 4.39 Å². The van der Waals surface area contributed by atoms with Crippen LogP contribution in [-0.2, 0) is 14.6 Å². The van der Waals surface area contributed by atoms with Crippen molar-refractivity contribution < 1.29 is 22.3 Å². The lowest BCUT2D eigenvalue weighted by atomic mass is 9.33. The van der Waals surface area contributed by atoms with Crippen LogP contribution in [0, 0.1) is 57.1 Å². The maximum absolute atomic E-state index is 15.2. The predicted molar refractivity (Wildman–Crippen MR) is 208 cm³/mol. The zero-order chi connectivity index (χ0) is 37.5. The highest BCUT2D eigenvalue weighted by atomic mass is 32.2. The molecule has 1 aromatic carbocycles. The van der Waals surface area contributed by atoms with Gasteiger partial charge in [-0.15, -0.1) is 0 Å². The molecule has 5 aliphatic carbocycles. The van der Waals surface area contributed by atoms with E-state index in [1.54, 1.807) is 12.1 Å². The minimum absolute atomic E-state index is 0.0106. The lowest BCUT2D eigenvalue weighted by Crippen LogP contribution is -2.68. The number of hydrogen-bond donors (Lipinski definition) is 1. The Bertz CT molecular complexity index is 1720. The van der Waals surface area contributed by atoms with Crippen LogP contribution in [0.15, 0.2) is 36.4 Å². The molecule has 1 aliphatic heterocycles. The number of rotatable bonds is 8. The second kappa shape index (κ2) is 13.3. The van der Waals surface area contributed by atoms with Gasteiger partial charge in [0.25, 0.3) is 0 Å². The summed E-state index contributed by atoms with van der Waals surface area (Å²) in [6, 6.07) is 5.04. The molecule has 7 rings (SSSR count). The van der Waals surface area contributed by atoms with Gasteiger partial charge in [0.15, 0.2) is 9.84 Å². The van der Waals surface area contributed by atoms with Crippen LogP contribution >= 0.6 is 0 Å². The van der Waals surface area contributed by atoms with Gasteiger partial charge in [-0.05, 0) is 159 Å². The number of methoxy groups -OCH3 is 1. The normalized spacial score (nSPS) is 40.8. The molecule has 5 fully saturated rings. The average Bonchev–Trinajstić information content (AvgIpc) is 3.47. The number of benzene rings is 1. The Kier molecular flexibility index (Phi) is 9.80. The van der Waals surface area contributed by atoms with Gasteiger partial charge in [0.05, 0.1) is 24.2 Å². The molecular formula is C44H65FN2O4S. The molecule has 0 spiro atoms. The Hall–Kier alpha value is -2.03. The first-order valence-electron chi connectivity index (χ1n) is 20.3. The lowest BCUT2D eigenvalue weighted by molar-refractivity contribution is -0.219. The second-order valence-corrected chi connectivity index (χ2v) is 21.6. The summed E-state index contributed by atoms with van der Waals surface area (Å²) in [5.41, 5.74) is 4.11.